The fourth-order valence-electron chi connectivity index (χ4n) is 3.86. The van der Waals surface area contributed by atoms with E-state index in [9.17, 15) is 4.79 Å². The Kier molecular flexibility index (Phi) is 4.26. The van der Waals surface area contributed by atoms with E-state index in [0.717, 1.165) is 30.8 Å². The standard InChI is InChI=1S/C19H25N5O2/c1-13(2)24-12-16(11-21-24)18(25)23-7-5-19(6-8-23)17-15(4-9-26-19)10-20-14(3)22-17/h10-13H,4-9H2,1-3H3. The van der Waals surface area contributed by atoms with Crippen molar-refractivity contribution in [3.8, 4) is 0 Å². The van der Waals surface area contributed by atoms with Crippen LogP contribution in [0.4, 0.5) is 0 Å². The second kappa shape index (κ2) is 6.46. The molecule has 2 aromatic heterocycles. The molecule has 1 saturated heterocycles. The SMILES string of the molecule is Cc1ncc2c(n1)C1(CCN(C(=O)c3cnn(C(C)C)c3)CC1)OCC2. The maximum absolute atomic E-state index is 12.8. The van der Waals surface area contributed by atoms with Crippen molar-refractivity contribution in [3.05, 3.63) is 41.2 Å². The number of amides is 1. The van der Waals surface area contributed by atoms with Gasteiger partial charge in [-0.15, -0.1) is 0 Å². The van der Waals surface area contributed by atoms with Crippen molar-refractivity contribution in [2.75, 3.05) is 19.7 Å². The van der Waals surface area contributed by atoms with Gasteiger partial charge in [0.1, 0.15) is 11.4 Å². The summed E-state index contributed by atoms with van der Waals surface area (Å²) < 4.78 is 8.03. The monoisotopic (exact) mass is 355 g/mol. The smallest absolute Gasteiger partial charge is 0.257 e. The molecule has 4 rings (SSSR count). The number of rotatable bonds is 2. The number of piperidine rings is 1. The Morgan fingerprint density at radius 1 is 1.27 bits per heavy atom. The average molecular weight is 355 g/mol. The third kappa shape index (κ3) is 2.90. The third-order valence-electron chi connectivity index (χ3n) is 5.40. The number of likely N-dealkylation sites (tertiary alicyclic amines) is 1. The van der Waals surface area contributed by atoms with E-state index in [2.05, 4.69) is 15.1 Å². The van der Waals surface area contributed by atoms with Crippen molar-refractivity contribution in [2.45, 2.75) is 51.7 Å². The molecule has 1 fully saturated rings. The molecule has 0 radical (unpaired) electrons. The van der Waals surface area contributed by atoms with Crippen molar-refractivity contribution in [1.29, 1.82) is 0 Å². The summed E-state index contributed by atoms with van der Waals surface area (Å²) in [5.41, 5.74) is 2.48. The first-order valence-corrected chi connectivity index (χ1v) is 9.29. The van der Waals surface area contributed by atoms with Gasteiger partial charge >= 0.3 is 0 Å². The molecule has 4 heterocycles. The van der Waals surface area contributed by atoms with Gasteiger partial charge in [0.15, 0.2) is 0 Å². The second-order valence-electron chi connectivity index (χ2n) is 7.48. The molecule has 2 aliphatic heterocycles. The highest BCUT2D eigenvalue weighted by molar-refractivity contribution is 5.93. The summed E-state index contributed by atoms with van der Waals surface area (Å²) >= 11 is 0. The number of aromatic nitrogens is 4. The molecular formula is C19H25N5O2. The van der Waals surface area contributed by atoms with Crippen LogP contribution in [-0.4, -0.2) is 50.3 Å². The highest BCUT2D eigenvalue weighted by Crippen LogP contribution is 2.40. The van der Waals surface area contributed by atoms with E-state index in [1.807, 2.05) is 42.7 Å². The summed E-state index contributed by atoms with van der Waals surface area (Å²) in [7, 11) is 0. The van der Waals surface area contributed by atoms with Crippen LogP contribution in [0, 0.1) is 6.92 Å². The maximum Gasteiger partial charge on any atom is 0.257 e. The maximum atomic E-state index is 12.8. The molecule has 0 aromatic carbocycles. The zero-order chi connectivity index (χ0) is 18.3. The van der Waals surface area contributed by atoms with E-state index < -0.39 is 0 Å². The number of carbonyl (C=O) groups excluding carboxylic acids is 1. The zero-order valence-electron chi connectivity index (χ0n) is 15.6. The first-order valence-electron chi connectivity index (χ1n) is 9.29. The van der Waals surface area contributed by atoms with E-state index in [1.165, 1.54) is 5.56 Å². The van der Waals surface area contributed by atoms with E-state index in [1.54, 1.807) is 6.20 Å². The molecule has 7 heteroatoms. The minimum absolute atomic E-state index is 0.0432. The van der Waals surface area contributed by atoms with Crippen LogP contribution in [-0.2, 0) is 16.8 Å². The zero-order valence-corrected chi connectivity index (χ0v) is 15.6. The highest BCUT2D eigenvalue weighted by atomic mass is 16.5. The van der Waals surface area contributed by atoms with Crippen molar-refractivity contribution >= 4 is 5.91 Å². The first kappa shape index (κ1) is 17.1. The van der Waals surface area contributed by atoms with Gasteiger partial charge in [0, 0.05) is 31.5 Å². The molecule has 0 atom stereocenters. The number of carbonyl (C=O) groups is 1. The Hall–Kier alpha value is -2.28. The Balaban J connectivity index is 1.51. The number of hydrogen-bond donors (Lipinski definition) is 0. The topological polar surface area (TPSA) is 73.1 Å². The van der Waals surface area contributed by atoms with Gasteiger partial charge in [0.2, 0.25) is 0 Å². The second-order valence-corrected chi connectivity index (χ2v) is 7.48. The number of fused-ring (bicyclic) bond motifs is 2. The van der Waals surface area contributed by atoms with Crippen LogP contribution in [0.3, 0.4) is 0 Å². The van der Waals surface area contributed by atoms with Gasteiger partial charge in [0.05, 0.1) is 24.1 Å². The summed E-state index contributed by atoms with van der Waals surface area (Å²) in [6, 6.07) is 0.247. The van der Waals surface area contributed by atoms with Gasteiger partial charge in [-0.25, -0.2) is 9.97 Å². The van der Waals surface area contributed by atoms with Crippen LogP contribution in [0.2, 0.25) is 0 Å². The molecule has 0 saturated carbocycles. The summed E-state index contributed by atoms with van der Waals surface area (Å²) in [6.45, 7) is 8.02. The summed E-state index contributed by atoms with van der Waals surface area (Å²) in [5.74, 6) is 0.815. The third-order valence-corrected chi connectivity index (χ3v) is 5.40. The van der Waals surface area contributed by atoms with Crippen LogP contribution < -0.4 is 0 Å². The number of aryl methyl sites for hydroxylation is 1. The number of ether oxygens (including phenoxy) is 1. The van der Waals surface area contributed by atoms with Gasteiger partial charge in [0.25, 0.3) is 5.91 Å². The van der Waals surface area contributed by atoms with Crippen LogP contribution >= 0.6 is 0 Å². The van der Waals surface area contributed by atoms with Crippen molar-refractivity contribution in [3.63, 3.8) is 0 Å². The van der Waals surface area contributed by atoms with E-state index in [4.69, 9.17) is 4.74 Å². The molecule has 2 aliphatic rings. The molecule has 1 spiro atoms. The van der Waals surface area contributed by atoms with Crippen molar-refractivity contribution in [1.82, 2.24) is 24.6 Å². The Morgan fingerprint density at radius 2 is 2.04 bits per heavy atom. The summed E-state index contributed by atoms with van der Waals surface area (Å²) in [5, 5.41) is 4.28. The van der Waals surface area contributed by atoms with Gasteiger partial charge in [-0.05, 0) is 45.6 Å². The average Bonchev–Trinajstić information content (AvgIpc) is 3.13. The van der Waals surface area contributed by atoms with E-state index >= 15 is 0 Å². The quantitative estimate of drug-likeness (QED) is 0.826. The predicted octanol–water partition coefficient (Wildman–Crippen LogP) is 2.27. The minimum atomic E-state index is -0.375. The van der Waals surface area contributed by atoms with E-state index in [-0.39, 0.29) is 17.6 Å². The molecular weight excluding hydrogens is 330 g/mol. The Morgan fingerprint density at radius 3 is 2.73 bits per heavy atom. The lowest BCUT2D eigenvalue weighted by atomic mass is 9.83. The first-order chi connectivity index (χ1) is 12.5. The molecule has 138 valence electrons. The van der Waals surface area contributed by atoms with Crippen LogP contribution in [0.5, 0.6) is 0 Å². The number of hydrogen-bond acceptors (Lipinski definition) is 5. The minimum Gasteiger partial charge on any atom is -0.368 e. The Labute approximate surface area is 153 Å². The largest absolute Gasteiger partial charge is 0.368 e. The number of nitrogens with zero attached hydrogens (tertiary/aromatic N) is 5. The van der Waals surface area contributed by atoms with Gasteiger partial charge in [-0.3, -0.25) is 9.48 Å². The molecule has 7 nitrogen and oxygen atoms in total. The summed E-state index contributed by atoms with van der Waals surface area (Å²) in [6.07, 6.45) is 7.81. The molecule has 2 aromatic rings. The molecule has 0 aliphatic carbocycles. The highest BCUT2D eigenvalue weighted by Gasteiger charge is 2.43. The lowest BCUT2D eigenvalue weighted by molar-refractivity contribution is -0.0968. The Bertz CT molecular complexity index is 821. The lowest BCUT2D eigenvalue weighted by Gasteiger charge is -2.44. The molecule has 0 N–H and O–H groups in total. The van der Waals surface area contributed by atoms with E-state index in [0.29, 0.717) is 25.3 Å². The van der Waals surface area contributed by atoms with Gasteiger partial charge in [-0.1, -0.05) is 0 Å². The fraction of sp³-hybridized carbons (Fsp3) is 0.579. The lowest BCUT2D eigenvalue weighted by Crippen LogP contribution is -2.49. The molecule has 1 amide bonds. The van der Waals surface area contributed by atoms with Crippen molar-refractivity contribution in [2.24, 2.45) is 0 Å². The molecule has 0 unspecified atom stereocenters. The predicted molar refractivity (Wildman–Crippen MR) is 95.9 cm³/mol. The van der Waals surface area contributed by atoms with Crippen LogP contribution in [0.25, 0.3) is 0 Å². The fourth-order valence-corrected chi connectivity index (χ4v) is 3.86. The van der Waals surface area contributed by atoms with Crippen LogP contribution in [0.1, 0.15) is 60.2 Å². The van der Waals surface area contributed by atoms with Crippen molar-refractivity contribution < 1.29 is 9.53 Å². The molecule has 0 bridgehead atoms. The van der Waals surface area contributed by atoms with Gasteiger partial charge < -0.3 is 9.64 Å². The van der Waals surface area contributed by atoms with Gasteiger partial charge in [-0.2, -0.15) is 5.10 Å². The van der Waals surface area contributed by atoms with Crippen LogP contribution in [0.15, 0.2) is 18.6 Å². The molecule has 26 heavy (non-hydrogen) atoms. The normalized spacial score (nSPS) is 19.0. The summed E-state index contributed by atoms with van der Waals surface area (Å²) in [4.78, 5) is 23.7.